The first-order chi connectivity index (χ1) is 10.4. The molecule has 2 aromatic rings. The molecular weight excluding hydrogens is 319 g/mol. The number of alkyl halides is 3. The summed E-state index contributed by atoms with van der Waals surface area (Å²) in [5, 5.41) is 2.74. The number of aryl methyl sites for hydroxylation is 1. The quantitative estimate of drug-likeness (QED) is 0.778. The standard InChI is InChI=1S/C14H12F3NO3S/c1-2-12-18-10(8-22-12)7-20-13(19)9-3-5-11(6-4-9)21-14(15,16)17/h3-6,8H,2,7H2,1H3. The summed E-state index contributed by atoms with van der Waals surface area (Å²) in [6.07, 6.45) is -3.96. The molecule has 22 heavy (non-hydrogen) atoms. The average Bonchev–Trinajstić information content (AvgIpc) is 2.92. The van der Waals surface area contributed by atoms with E-state index < -0.39 is 18.1 Å². The van der Waals surface area contributed by atoms with Crippen LogP contribution >= 0.6 is 11.3 Å². The van der Waals surface area contributed by atoms with Gasteiger partial charge in [0.15, 0.2) is 0 Å². The highest BCUT2D eigenvalue weighted by Crippen LogP contribution is 2.23. The lowest BCUT2D eigenvalue weighted by Gasteiger charge is -2.09. The lowest BCUT2D eigenvalue weighted by atomic mass is 10.2. The largest absolute Gasteiger partial charge is 0.573 e. The van der Waals surface area contributed by atoms with Crippen molar-refractivity contribution in [2.24, 2.45) is 0 Å². The minimum Gasteiger partial charge on any atom is -0.456 e. The number of benzene rings is 1. The van der Waals surface area contributed by atoms with Gasteiger partial charge in [0, 0.05) is 5.38 Å². The van der Waals surface area contributed by atoms with Gasteiger partial charge in [-0.1, -0.05) is 6.92 Å². The summed E-state index contributed by atoms with van der Waals surface area (Å²) in [6, 6.07) is 4.54. The van der Waals surface area contributed by atoms with Crippen LogP contribution in [0.25, 0.3) is 0 Å². The van der Waals surface area contributed by atoms with Crippen molar-refractivity contribution in [3.05, 3.63) is 45.9 Å². The van der Waals surface area contributed by atoms with Crippen molar-refractivity contribution >= 4 is 17.3 Å². The van der Waals surface area contributed by atoms with Crippen molar-refractivity contribution in [2.75, 3.05) is 0 Å². The van der Waals surface area contributed by atoms with Gasteiger partial charge in [-0.25, -0.2) is 9.78 Å². The lowest BCUT2D eigenvalue weighted by Crippen LogP contribution is -2.17. The SMILES string of the molecule is CCc1nc(COC(=O)c2ccc(OC(F)(F)F)cc2)cs1. The first-order valence-corrected chi connectivity index (χ1v) is 7.21. The smallest absolute Gasteiger partial charge is 0.456 e. The molecule has 1 aromatic heterocycles. The molecule has 0 spiro atoms. The fourth-order valence-corrected chi connectivity index (χ4v) is 2.32. The fourth-order valence-electron chi connectivity index (χ4n) is 1.59. The van der Waals surface area contributed by atoms with Crippen LogP contribution in [0.3, 0.4) is 0 Å². The number of aromatic nitrogens is 1. The van der Waals surface area contributed by atoms with E-state index in [4.69, 9.17) is 4.74 Å². The Morgan fingerprint density at radius 3 is 2.50 bits per heavy atom. The van der Waals surface area contributed by atoms with Crippen molar-refractivity contribution in [3.8, 4) is 5.75 Å². The molecule has 0 fully saturated rings. The molecule has 0 saturated carbocycles. The Kier molecular flexibility index (Phi) is 5.02. The molecule has 0 aliphatic heterocycles. The molecule has 0 bridgehead atoms. The van der Waals surface area contributed by atoms with Gasteiger partial charge in [-0.2, -0.15) is 0 Å². The third-order valence-corrected chi connectivity index (χ3v) is 3.62. The van der Waals surface area contributed by atoms with E-state index in [2.05, 4.69) is 9.72 Å². The molecule has 0 saturated heterocycles. The Balaban J connectivity index is 1.92. The number of carbonyl (C=O) groups excluding carboxylic acids is 1. The number of esters is 1. The van der Waals surface area contributed by atoms with Gasteiger partial charge in [-0.05, 0) is 30.7 Å². The van der Waals surface area contributed by atoms with Crippen LogP contribution in [0.2, 0.25) is 0 Å². The summed E-state index contributed by atoms with van der Waals surface area (Å²) < 4.78 is 44.8. The molecule has 118 valence electrons. The zero-order valence-corrected chi connectivity index (χ0v) is 12.3. The van der Waals surface area contributed by atoms with Gasteiger partial charge in [0.1, 0.15) is 12.4 Å². The summed E-state index contributed by atoms with van der Waals surface area (Å²) in [5.41, 5.74) is 0.785. The van der Waals surface area contributed by atoms with Gasteiger partial charge in [0.2, 0.25) is 0 Å². The Morgan fingerprint density at radius 1 is 1.27 bits per heavy atom. The van der Waals surface area contributed by atoms with Crippen LogP contribution in [0.4, 0.5) is 13.2 Å². The van der Waals surface area contributed by atoms with Gasteiger partial charge in [-0.15, -0.1) is 24.5 Å². The third kappa shape index (κ3) is 4.73. The van der Waals surface area contributed by atoms with Gasteiger partial charge < -0.3 is 9.47 Å². The summed E-state index contributed by atoms with van der Waals surface area (Å²) in [4.78, 5) is 16.0. The molecular formula is C14H12F3NO3S. The highest BCUT2D eigenvalue weighted by Gasteiger charge is 2.31. The van der Waals surface area contributed by atoms with E-state index in [1.807, 2.05) is 6.92 Å². The summed E-state index contributed by atoms with van der Waals surface area (Å²) in [6.45, 7) is 2.00. The Labute approximate surface area is 128 Å². The molecule has 0 amide bonds. The van der Waals surface area contributed by atoms with Crippen molar-refractivity contribution in [1.82, 2.24) is 4.98 Å². The van der Waals surface area contributed by atoms with E-state index in [9.17, 15) is 18.0 Å². The maximum atomic E-state index is 12.0. The maximum absolute atomic E-state index is 12.0. The predicted octanol–water partition coefficient (Wildman–Crippen LogP) is 3.96. The topological polar surface area (TPSA) is 48.4 Å². The summed E-state index contributed by atoms with van der Waals surface area (Å²) >= 11 is 1.48. The minimum absolute atomic E-state index is 0.0239. The van der Waals surface area contributed by atoms with Crippen molar-refractivity contribution in [2.45, 2.75) is 26.3 Å². The fraction of sp³-hybridized carbons (Fsp3) is 0.286. The van der Waals surface area contributed by atoms with E-state index >= 15 is 0 Å². The van der Waals surface area contributed by atoms with E-state index in [0.29, 0.717) is 5.69 Å². The molecule has 0 aliphatic carbocycles. The van der Waals surface area contributed by atoms with Crippen LogP contribution < -0.4 is 4.74 Å². The summed E-state index contributed by atoms with van der Waals surface area (Å²) in [7, 11) is 0. The minimum atomic E-state index is -4.76. The van der Waals surface area contributed by atoms with Crippen LogP contribution in [0, 0.1) is 0 Å². The van der Waals surface area contributed by atoms with Crippen LogP contribution in [0.1, 0.15) is 28.0 Å². The van der Waals surface area contributed by atoms with Gasteiger partial charge in [0.05, 0.1) is 16.3 Å². The van der Waals surface area contributed by atoms with E-state index in [1.165, 1.54) is 23.5 Å². The average molecular weight is 331 g/mol. The van der Waals surface area contributed by atoms with Crippen molar-refractivity contribution < 1.29 is 27.4 Å². The second-order valence-electron chi connectivity index (χ2n) is 4.23. The molecule has 2 rings (SSSR count). The number of carbonyl (C=O) groups is 1. The van der Waals surface area contributed by atoms with E-state index in [1.54, 1.807) is 5.38 Å². The molecule has 0 unspecified atom stereocenters. The Bertz CT molecular complexity index is 638. The monoisotopic (exact) mass is 331 g/mol. The number of nitrogens with zero attached hydrogens (tertiary/aromatic N) is 1. The number of hydrogen-bond acceptors (Lipinski definition) is 5. The first-order valence-electron chi connectivity index (χ1n) is 6.33. The first kappa shape index (κ1) is 16.3. The van der Waals surface area contributed by atoms with Gasteiger partial charge in [-0.3, -0.25) is 0 Å². The van der Waals surface area contributed by atoms with Crippen LogP contribution in [0.15, 0.2) is 29.6 Å². The van der Waals surface area contributed by atoms with Crippen LogP contribution in [-0.2, 0) is 17.8 Å². The number of thiazole rings is 1. The number of hydrogen-bond donors (Lipinski definition) is 0. The van der Waals surface area contributed by atoms with E-state index in [0.717, 1.165) is 23.6 Å². The molecule has 1 heterocycles. The Hall–Kier alpha value is -2.09. The van der Waals surface area contributed by atoms with Crippen molar-refractivity contribution in [1.29, 1.82) is 0 Å². The lowest BCUT2D eigenvalue weighted by molar-refractivity contribution is -0.274. The molecule has 8 heteroatoms. The highest BCUT2D eigenvalue weighted by atomic mass is 32.1. The number of ether oxygens (including phenoxy) is 2. The van der Waals surface area contributed by atoms with Crippen molar-refractivity contribution in [3.63, 3.8) is 0 Å². The zero-order chi connectivity index (χ0) is 16.2. The predicted molar refractivity (Wildman–Crippen MR) is 73.7 cm³/mol. The normalized spacial score (nSPS) is 11.3. The molecule has 0 aliphatic rings. The van der Waals surface area contributed by atoms with Crippen LogP contribution in [-0.4, -0.2) is 17.3 Å². The van der Waals surface area contributed by atoms with E-state index in [-0.39, 0.29) is 12.2 Å². The molecule has 0 radical (unpaired) electrons. The maximum Gasteiger partial charge on any atom is 0.573 e. The van der Waals surface area contributed by atoms with Gasteiger partial charge >= 0.3 is 12.3 Å². The second-order valence-corrected chi connectivity index (χ2v) is 5.18. The number of halogens is 3. The van der Waals surface area contributed by atoms with Gasteiger partial charge in [0.25, 0.3) is 0 Å². The second kappa shape index (κ2) is 6.78. The molecule has 4 nitrogen and oxygen atoms in total. The molecule has 0 N–H and O–H groups in total. The summed E-state index contributed by atoms with van der Waals surface area (Å²) in [5.74, 6) is -1.03. The zero-order valence-electron chi connectivity index (χ0n) is 11.5. The number of rotatable bonds is 5. The molecule has 0 atom stereocenters. The van der Waals surface area contributed by atoms with Crippen LogP contribution in [0.5, 0.6) is 5.75 Å². The highest BCUT2D eigenvalue weighted by molar-refractivity contribution is 7.09. The molecule has 1 aromatic carbocycles. The Morgan fingerprint density at radius 2 is 1.95 bits per heavy atom. The third-order valence-electron chi connectivity index (χ3n) is 2.58.